The number of ether oxygens (including phenoxy) is 1. The third-order valence-electron chi connectivity index (χ3n) is 5.91. The van der Waals surface area contributed by atoms with Crippen LogP contribution in [0.5, 0.6) is 5.75 Å². The molecule has 0 aliphatic heterocycles. The van der Waals surface area contributed by atoms with E-state index in [1.807, 2.05) is 38.1 Å². The highest BCUT2D eigenvalue weighted by Gasteiger charge is 2.51. The molecule has 0 heterocycles. The van der Waals surface area contributed by atoms with E-state index in [0.29, 0.717) is 11.3 Å². The Bertz CT molecular complexity index is 572. The van der Waals surface area contributed by atoms with E-state index in [1.165, 1.54) is 38.5 Å². The Morgan fingerprint density at radius 1 is 1.09 bits per heavy atom. The maximum absolute atomic E-state index is 12.9. The van der Waals surface area contributed by atoms with Crippen molar-refractivity contribution in [3.63, 3.8) is 0 Å². The van der Waals surface area contributed by atoms with Gasteiger partial charge in [0.15, 0.2) is 0 Å². The van der Waals surface area contributed by atoms with Crippen molar-refractivity contribution in [3.8, 4) is 5.75 Å². The Hall–Kier alpha value is -1.51. The molecule has 0 unspecified atom stereocenters. The van der Waals surface area contributed by atoms with Crippen LogP contribution in [0.25, 0.3) is 0 Å². The zero-order valence-electron chi connectivity index (χ0n) is 14.2. The van der Waals surface area contributed by atoms with Gasteiger partial charge >= 0.3 is 0 Å². The highest BCUT2D eigenvalue weighted by atomic mass is 16.5. The van der Waals surface area contributed by atoms with Gasteiger partial charge in [0.1, 0.15) is 5.75 Å². The third-order valence-corrected chi connectivity index (χ3v) is 5.91. The van der Waals surface area contributed by atoms with Crippen LogP contribution in [0.15, 0.2) is 24.3 Å². The van der Waals surface area contributed by atoms with Crippen LogP contribution in [0.2, 0.25) is 0 Å². The topological polar surface area (TPSA) is 38.3 Å². The van der Waals surface area contributed by atoms with Crippen molar-refractivity contribution >= 4 is 5.91 Å². The number of carbonyl (C=O) groups is 1. The molecule has 124 valence electrons. The van der Waals surface area contributed by atoms with Crippen molar-refractivity contribution in [1.29, 1.82) is 0 Å². The van der Waals surface area contributed by atoms with E-state index in [9.17, 15) is 4.79 Å². The first-order valence-corrected chi connectivity index (χ1v) is 9.11. The highest BCUT2D eigenvalue weighted by Crippen LogP contribution is 2.55. The fourth-order valence-corrected chi connectivity index (χ4v) is 5.58. The molecule has 4 bridgehead atoms. The first-order valence-electron chi connectivity index (χ1n) is 9.11. The molecule has 4 aliphatic carbocycles. The Kier molecular flexibility index (Phi) is 3.62. The fraction of sp³-hybridized carbons (Fsp3) is 0.650. The Labute approximate surface area is 138 Å². The number of hydrogen-bond donors (Lipinski definition) is 1. The third kappa shape index (κ3) is 2.86. The summed E-state index contributed by atoms with van der Waals surface area (Å²) in [6.45, 7) is 3.99. The van der Waals surface area contributed by atoms with Crippen LogP contribution < -0.4 is 10.1 Å². The number of para-hydroxylation sites is 1. The number of amides is 1. The summed E-state index contributed by atoms with van der Waals surface area (Å²) in [5.74, 6) is 3.25. The summed E-state index contributed by atoms with van der Waals surface area (Å²) in [7, 11) is 0. The standard InChI is InChI=1S/C20H27NO2/c1-13(2)23-18-6-4-3-5-17(18)19(22)21-20-10-14-7-15(11-20)9-16(8-14)12-20/h3-6,13-16H,7-12H2,1-2H3,(H,21,22). The summed E-state index contributed by atoms with van der Waals surface area (Å²) < 4.78 is 5.83. The zero-order chi connectivity index (χ0) is 16.0. The van der Waals surface area contributed by atoms with Crippen molar-refractivity contribution in [2.45, 2.75) is 64.0 Å². The lowest BCUT2D eigenvalue weighted by Crippen LogP contribution is -2.59. The maximum atomic E-state index is 12.9. The molecule has 1 aromatic rings. The Morgan fingerprint density at radius 3 is 2.22 bits per heavy atom. The van der Waals surface area contributed by atoms with Crippen molar-refractivity contribution in [3.05, 3.63) is 29.8 Å². The molecule has 3 nitrogen and oxygen atoms in total. The van der Waals surface area contributed by atoms with Gasteiger partial charge in [-0.15, -0.1) is 0 Å². The maximum Gasteiger partial charge on any atom is 0.255 e. The lowest BCUT2D eigenvalue weighted by Gasteiger charge is -2.56. The van der Waals surface area contributed by atoms with Gasteiger partial charge in [-0.05, 0) is 82.3 Å². The average molecular weight is 313 g/mol. The largest absolute Gasteiger partial charge is 0.490 e. The Balaban J connectivity index is 1.54. The lowest BCUT2D eigenvalue weighted by atomic mass is 9.53. The average Bonchev–Trinajstić information content (AvgIpc) is 2.45. The second-order valence-corrected chi connectivity index (χ2v) is 8.31. The van der Waals surface area contributed by atoms with E-state index in [1.54, 1.807) is 0 Å². The normalized spacial score (nSPS) is 34.7. The predicted octanol–water partition coefficient (Wildman–Crippen LogP) is 4.17. The summed E-state index contributed by atoms with van der Waals surface area (Å²) in [5, 5.41) is 3.44. The molecule has 4 saturated carbocycles. The van der Waals surface area contributed by atoms with E-state index in [0.717, 1.165) is 17.8 Å². The van der Waals surface area contributed by atoms with Gasteiger partial charge in [-0.1, -0.05) is 12.1 Å². The molecule has 23 heavy (non-hydrogen) atoms. The van der Waals surface area contributed by atoms with Crippen LogP contribution in [-0.2, 0) is 0 Å². The molecule has 4 fully saturated rings. The van der Waals surface area contributed by atoms with Crippen LogP contribution >= 0.6 is 0 Å². The zero-order valence-corrected chi connectivity index (χ0v) is 14.2. The fourth-order valence-electron chi connectivity index (χ4n) is 5.58. The van der Waals surface area contributed by atoms with E-state index in [4.69, 9.17) is 4.74 Å². The first-order chi connectivity index (χ1) is 11.0. The first kappa shape index (κ1) is 15.0. The van der Waals surface area contributed by atoms with E-state index < -0.39 is 0 Å². The SMILES string of the molecule is CC(C)Oc1ccccc1C(=O)NC12CC3CC(CC(C3)C1)C2. The van der Waals surface area contributed by atoms with Gasteiger partial charge in [0.2, 0.25) is 0 Å². The van der Waals surface area contributed by atoms with Crippen LogP contribution in [0, 0.1) is 17.8 Å². The van der Waals surface area contributed by atoms with Crippen molar-refractivity contribution in [2.24, 2.45) is 17.8 Å². The van der Waals surface area contributed by atoms with Crippen molar-refractivity contribution in [2.75, 3.05) is 0 Å². The Morgan fingerprint density at radius 2 is 1.65 bits per heavy atom. The number of rotatable bonds is 4. The number of benzene rings is 1. The molecular formula is C20H27NO2. The molecule has 0 aromatic heterocycles. The number of carbonyl (C=O) groups excluding carboxylic acids is 1. The summed E-state index contributed by atoms with van der Waals surface area (Å²) in [6.07, 6.45) is 7.78. The van der Waals surface area contributed by atoms with Gasteiger partial charge in [-0.2, -0.15) is 0 Å². The van der Waals surface area contributed by atoms with Gasteiger partial charge in [0, 0.05) is 5.54 Å². The second kappa shape index (κ2) is 5.54. The number of nitrogens with one attached hydrogen (secondary N) is 1. The van der Waals surface area contributed by atoms with Gasteiger partial charge in [0.05, 0.1) is 11.7 Å². The summed E-state index contributed by atoms with van der Waals surface area (Å²) in [5.41, 5.74) is 0.730. The molecule has 0 saturated heterocycles. The van der Waals surface area contributed by atoms with Crippen molar-refractivity contribution in [1.82, 2.24) is 5.32 Å². The summed E-state index contributed by atoms with van der Waals surface area (Å²) in [6, 6.07) is 7.63. The van der Waals surface area contributed by atoms with Gasteiger partial charge in [0.25, 0.3) is 5.91 Å². The van der Waals surface area contributed by atoms with Gasteiger partial charge in [-0.25, -0.2) is 0 Å². The minimum atomic E-state index is 0.0446. The van der Waals surface area contributed by atoms with Crippen LogP contribution in [0.4, 0.5) is 0 Å². The quantitative estimate of drug-likeness (QED) is 0.906. The molecule has 0 spiro atoms. The molecule has 1 amide bonds. The van der Waals surface area contributed by atoms with Gasteiger partial charge in [-0.3, -0.25) is 4.79 Å². The number of hydrogen-bond acceptors (Lipinski definition) is 2. The van der Waals surface area contributed by atoms with Crippen LogP contribution in [0.1, 0.15) is 62.7 Å². The van der Waals surface area contributed by atoms with Crippen molar-refractivity contribution < 1.29 is 9.53 Å². The molecule has 3 heteroatoms. The monoisotopic (exact) mass is 313 g/mol. The van der Waals surface area contributed by atoms with E-state index in [-0.39, 0.29) is 17.6 Å². The minimum Gasteiger partial charge on any atom is -0.490 e. The molecule has 4 aliphatic rings. The van der Waals surface area contributed by atoms with Gasteiger partial charge < -0.3 is 10.1 Å². The highest BCUT2D eigenvalue weighted by molar-refractivity contribution is 5.97. The molecular weight excluding hydrogens is 286 g/mol. The smallest absolute Gasteiger partial charge is 0.255 e. The molecule has 0 atom stereocenters. The van der Waals surface area contributed by atoms with E-state index in [2.05, 4.69) is 5.32 Å². The molecule has 1 N–H and O–H groups in total. The second-order valence-electron chi connectivity index (χ2n) is 8.31. The molecule has 1 aromatic carbocycles. The predicted molar refractivity (Wildman–Crippen MR) is 90.6 cm³/mol. The summed E-state index contributed by atoms with van der Waals surface area (Å²) in [4.78, 5) is 12.9. The van der Waals surface area contributed by atoms with Crippen LogP contribution in [-0.4, -0.2) is 17.6 Å². The minimum absolute atomic E-state index is 0.0446. The van der Waals surface area contributed by atoms with Crippen LogP contribution in [0.3, 0.4) is 0 Å². The molecule has 5 rings (SSSR count). The lowest BCUT2D eigenvalue weighted by molar-refractivity contribution is -0.0167. The van der Waals surface area contributed by atoms with E-state index >= 15 is 0 Å². The molecule has 0 radical (unpaired) electrons. The summed E-state index contributed by atoms with van der Waals surface area (Å²) >= 11 is 0.